The smallest absolute Gasteiger partial charge is 0.409 e. The van der Waals surface area contributed by atoms with Crippen LogP contribution in [0.4, 0.5) is 9.18 Å². The summed E-state index contributed by atoms with van der Waals surface area (Å²) in [4.78, 5) is 10.4. The van der Waals surface area contributed by atoms with Gasteiger partial charge in [0.2, 0.25) is 0 Å². The van der Waals surface area contributed by atoms with E-state index in [-0.39, 0.29) is 11.6 Å². The monoisotopic (exact) mass is 261 g/mol. The van der Waals surface area contributed by atoms with Crippen LogP contribution in [0.1, 0.15) is 5.56 Å². The van der Waals surface area contributed by atoms with Gasteiger partial charge in [-0.2, -0.15) is 0 Å². The predicted octanol–water partition coefficient (Wildman–Crippen LogP) is 2.22. The molecule has 5 heteroatoms. The van der Waals surface area contributed by atoms with Crippen LogP contribution in [0.2, 0.25) is 0 Å². The maximum Gasteiger partial charge on any atom is 0.409 e. The first kappa shape index (κ1) is 11.0. The molecule has 0 aliphatic rings. The molecule has 1 rings (SSSR count). The number of primary amides is 1. The standard InChI is InChI=1S/C9H9BrFNO2/c10-4-3-6-5-7(14-9(12)13)1-2-8(6)11/h1-2,5H,3-4H2,(H2,12,13). The summed E-state index contributed by atoms with van der Waals surface area (Å²) >= 11 is 3.20. The lowest BCUT2D eigenvalue weighted by Crippen LogP contribution is -2.16. The number of alkyl halides is 1. The van der Waals surface area contributed by atoms with E-state index in [0.717, 1.165) is 0 Å². The van der Waals surface area contributed by atoms with E-state index in [2.05, 4.69) is 20.7 Å². The number of rotatable bonds is 3. The molecule has 76 valence electrons. The van der Waals surface area contributed by atoms with Crippen molar-refractivity contribution in [1.82, 2.24) is 0 Å². The van der Waals surface area contributed by atoms with Gasteiger partial charge in [0.15, 0.2) is 0 Å². The second-order valence-corrected chi connectivity index (χ2v) is 3.41. The van der Waals surface area contributed by atoms with E-state index >= 15 is 0 Å². The maximum atomic E-state index is 13.1. The Morgan fingerprint density at radius 2 is 2.29 bits per heavy atom. The number of hydrogen-bond donors (Lipinski definition) is 1. The van der Waals surface area contributed by atoms with Crippen molar-refractivity contribution in [2.75, 3.05) is 5.33 Å². The molecule has 3 nitrogen and oxygen atoms in total. The van der Waals surface area contributed by atoms with Crippen molar-refractivity contribution in [2.45, 2.75) is 6.42 Å². The third kappa shape index (κ3) is 2.99. The van der Waals surface area contributed by atoms with Crippen LogP contribution in [0.3, 0.4) is 0 Å². The fourth-order valence-electron chi connectivity index (χ4n) is 1.02. The molecule has 14 heavy (non-hydrogen) atoms. The first-order valence-electron chi connectivity index (χ1n) is 3.95. The summed E-state index contributed by atoms with van der Waals surface area (Å²) in [5.74, 6) is -0.0591. The van der Waals surface area contributed by atoms with Crippen molar-refractivity contribution < 1.29 is 13.9 Å². The van der Waals surface area contributed by atoms with Gasteiger partial charge in [-0.15, -0.1) is 0 Å². The van der Waals surface area contributed by atoms with E-state index in [4.69, 9.17) is 5.73 Å². The van der Waals surface area contributed by atoms with Crippen LogP contribution < -0.4 is 10.5 Å². The normalized spacial score (nSPS) is 9.86. The van der Waals surface area contributed by atoms with Crippen LogP contribution >= 0.6 is 15.9 Å². The number of amides is 1. The third-order valence-electron chi connectivity index (χ3n) is 1.60. The summed E-state index contributed by atoms with van der Waals surface area (Å²) in [5.41, 5.74) is 5.31. The van der Waals surface area contributed by atoms with Gasteiger partial charge in [0.05, 0.1) is 0 Å². The first-order chi connectivity index (χ1) is 6.63. The van der Waals surface area contributed by atoms with Crippen LogP contribution in [0.25, 0.3) is 0 Å². The Balaban J connectivity index is 2.88. The van der Waals surface area contributed by atoms with Crippen LogP contribution in [-0.4, -0.2) is 11.4 Å². The van der Waals surface area contributed by atoms with Crippen molar-refractivity contribution in [3.63, 3.8) is 0 Å². The van der Waals surface area contributed by atoms with Gasteiger partial charge in [-0.25, -0.2) is 9.18 Å². The fourth-order valence-corrected chi connectivity index (χ4v) is 1.45. The fraction of sp³-hybridized carbons (Fsp3) is 0.222. The van der Waals surface area contributed by atoms with Gasteiger partial charge in [-0.05, 0) is 30.2 Å². The first-order valence-corrected chi connectivity index (χ1v) is 5.07. The molecule has 0 radical (unpaired) electrons. The molecule has 0 fully saturated rings. The molecule has 0 heterocycles. The molecule has 1 aromatic carbocycles. The van der Waals surface area contributed by atoms with E-state index in [1.165, 1.54) is 18.2 Å². The molecule has 0 atom stereocenters. The molecular formula is C9H9BrFNO2. The molecule has 0 aliphatic heterocycles. The molecule has 2 N–H and O–H groups in total. The van der Waals surface area contributed by atoms with Crippen molar-refractivity contribution in [1.29, 1.82) is 0 Å². The van der Waals surface area contributed by atoms with Crippen LogP contribution in [-0.2, 0) is 6.42 Å². The number of hydrogen-bond acceptors (Lipinski definition) is 2. The molecule has 0 unspecified atom stereocenters. The van der Waals surface area contributed by atoms with Crippen LogP contribution in [0.5, 0.6) is 5.75 Å². The summed E-state index contributed by atoms with van der Waals surface area (Å²) in [7, 11) is 0. The second kappa shape index (κ2) is 4.95. The minimum absolute atomic E-state index is 0.259. The van der Waals surface area contributed by atoms with E-state index in [1.807, 2.05) is 0 Å². The number of ether oxygens (including phenoxy) is 1. The number of halogens is 2. The SMILES string of the molecule is NC(=O)Oc1ccc(F)c(CCBr)c1. The number of carbonyl (C=O) groups is 1. The zero-order chi connectivity index (χ0) is 10.6. The Morgan fingerprint density at radius 3 is 2.86 bits per heavy atom. The molecule has 0 saturated carbocycles. The van der Waals surface area contributed by atoms with Crippen LogP contribution in [0.15, 0.2) is 18.2 Å². The Labute approximate surface area is 89.2 Å². The van der Waals surface area contributed by atoms with Crippen molar-refractivity contribution in [2.24, 2.45) is 5.73 Å². The van der Waals surface area contributed by atoms with Gasteiger partial charge in [-0.1, -0.05) is 15.9 Å². The van der Waals surface area contributed by atoms with E-state index in [9.17, 15) is 9.18 Å². The van der Waals surface area contributed by atoms with Crippen molar-refractivity contribution in [3.05, 3.63) is 29.6 Å². The highest BCUT2D eigenvalue weighted by atomic mass is 79.9. The van der Waals surface area contributed by atoms with E-state index in [1.54, 1.807) is 0 Å². The Kier molecular flexibility index (Phi) is 3.88. The number of benzene rings is 1. The summed E-state index contributed by atoms with van der Waals surface area (Å²) in [6.07, 6.45) is -0.372. The average Bonchev–Trinajstić information content (AvgIpc) is 2.10. The predicted molar refractivity (Wildman–Crippen MR) is 54.1 cm³/mol. The Morgan fingerprint density at radius 1 is 1.57 bits per heavy atom. The number of carbonyl (C=O) groups excluding carboxylic acids is 1. The lowest BCUT2D eigenvalue weighted by Gasteiger charge is -2.04. The Bertz CT molecular complexity index is 344. The van der Waals surface area contributed by atoms with Gasteiger partial charge in [0.1, 0.15) is 11.6 Å². The largest absolute Gasteiger partial charge is 0.410 e. The molecule has 0 aliphatic carbocycles. The second-order valence-electron chi connectivity index (χ2n) is 2.61. The Hall–Kier alpha value is -1.10. The van der Waals surface area contributed by atoms with Gasteiger partial charge < -0.3 is 10.5 Å². The quantitative estimate of drug-likeness (QED) is 0.849. The third-order valence-corrected chi connectivity index (χ3v) is 2.00. The molecule has 1 amide bonds. The molecule has 0 spiro atoms. The number of nitrogens with two attached hydrogens (primary N) is 1. The number of aryl methyl sites for hydroxylation is 1. The minimum Gasteiger partial charge on any atom is -0.410 e. The summed E-state index contributed by atoms with van der Waals surface area (Å²) in [5, 5.41) is 0.643. The molecule has 1 aromatic rings. The average molecular weight is 262 g/mol. The topological polar surface area (TPSA) is 52.3 Å². The van der Waals surface area contributed by atoms with E-state index < -0.39 is 6.09 Å². The van der Waals surface area contributed by atoms with Crippen molar-refractivity contribution >= 4 is 22.0 Å². The zero-order valence-electron chi connectivity index (χ0n) is 7.30. The highest BCUT2D eigenvalue weighted by molar-refractivity contribution is 9.09. The summed E-state index contributed by atoms with van der Waals surface area (Å²) in [6, 6.07) is 4.06. The molecular weight excluding hydrogens is 253 g/mol. The van der Waals surface area contributed by atoms with Gasteiger partial charge in [-0.3, -0.25) is 0 Å². The summed E-state index contributed by atoms with van der Waals surface area (Å²) < 4.78 is 17.7. The lowest BCUT2D eigenvalue weighted by molar-refractivity contribution is 0.211. The maximum absolute atomic E-state index is 13.1. The molecule has 0 saturated heterocycles. The summed E-state index contributed by atoms with van der Waals surface area (Å²) in [6.45, 7) is 0. The van der Waals surface area contributed by atoms with E-state index in [0.29, 0.717) is 17.3 Å². The minimum atomic E-state index is -0.901. The van der Waals surface area contributed by atoms with Gasteiger partial charge in [0, 0.05) is 5.33 Å². The highest BCUT2D eigenvalue weighted by Gasteiger charge is 2.05. The lowest BCUT2D eigenvalue weighted by atomic mass is 10.1. The molecule has 0 bridgehead atoms. The van der Waals surface area contributed by atoms with Gasteiger partial charge in [0.25, 0.3) is 0 Å². The van der Waals surface area contributed by atoms with Gasteiger partial charge >= 0.3 is 6.09 Å². The molecule has 0 aromatic heterocycles. The highest BCUT2D eigenvalue weighted by Crippen LogP contribution is 2.17. The zero-order valence-corrected chi connectivity index (χ0v) is 8.88. The van der Waals surface area contributed by atoms with Crippen molar-refractivity contribution in [3.8, 4) is 5.75 Å². The van der Waals surface area contributed by atoms with Crippen LogP contribution in [0, 0.1) is 5.82 Å².